The van der Waals surface area contributed by atoms with Crippen LogP contribution in [0, 0.1) is 11.8 Å². The number of piperazine rings is 1. The third-order valence-electron chi connectivity index (χ3n) is 7.71. The lowest BCUT2D eigenvalue weighted by atomic mass is 9.81. The fraction of sp³-hybridized carbons (Fsp3) is 0.759. The SMILES string of the molecule is CC(C)(C)OC(=O)N1CCN(CCNC(=O)CCCCCNC(=O)C2CCC(CN3C(=O)C=CC3=O)CC2)CC1. The van der Waals surface area contributed by atoms with Gasteiger partial charge in [0.1, 0.15) is 5.60 Å². The summed E-state index contributed by atoms with van der Waals surface area (Å²) in [5.41, 5.74) is -0.493. The molecule has 11 heteroatoms. The van der Waals surface area contributed by atoms with Gasteiger partial charge in [0.15, 0.2) is 0 Å². The number of rotatable bonds is 12. The molecule has 3 rings (SSSR count). The van der Waals surface area contributed by atoms with Gasteiger partial charge in [-0.1, -0.05) is 6.42 Å². The van der Waals surface area contributed by atoms with E-state index in [2.05, 4.69) is 15.5 Å². The number of nitrogens with zero attached hydrogens (tertiary/aromatic N) is 3. The molecular weight excluding hydrogens is 514 g/mol. The zero-order valence-electron chi connectivity index (χ0n) is 24.4. The van der Waals surface area contributed by atoms with Crippen LogP contribution in [-0.4, -0.2) is 102 Å². The Morgan fingerprint density at radius 2 is 1.52 bits per heavy atom. The van der Waals surface area contributed by atoms with Crippen molar-refractivity contribution in [2.24, 2.45) is 11.8 Å². The van der Waals surface area contributed by atoms with Crippen molar-refractivity contribution in [1.82, 2.24) is 25.3 Å². The van der Waals surface area contributed by atoms with Crippen molar-refractivity contribution < 1.29 is 28.7 Å². The number of nitrogens with one attached hydrogen (secondary N) is 2. The molecule has 0 unspecified atom stereocenters. The first kappa shape index (κ1) is 31.6. The van der Waals surface area contributed by atoms with Crippen LogP contribution in [0.2, 0.25) is 0 Å². The van der Waals surface area contributed by atoms with Crippen molar-refractivity contribution >= 4 is 29.7 Å². The number of unbranched alkanes of at least 4 members (excludes halogenated alkanes) is 2. The Kier molecular flexibility index (Phi) is 12.0. The number of carbonyl (C=O) groups excluding carboxylic acids is 5. The van der Waals surface area contributed by atoms with Crippen molar-refractivity contribution in [3.63, 3.8) is 0 Å². The highest BCUT2D eigenvalue weighted by Crippen LogP contribution is 2.30. The normalized spacial score (nSPS) is 22.0. The van der Waals surface area contributed by atoms with E-state index in [-0.39, 0.29) is 41.6 Å². The largest absolute Gasteiger partial charge is 0.444 e. The van der Waals surface area contributed by atoms with Crippen LogP contribution in [-0.2, 0) is 23.9 Å². The summed E-state index contributed by atoms with van der Waals surface area (Å²) < 4.78 is 5.42. The van der Waals surface area contributed by atoms with Gasteiger partial charge in [0.2, 0.25) is 11.8 Å². The van der Waals surface area contributed by atoms with E-state index in [0.29, 0.717) is 39.1 Å². The van der Waals surface area contributed by atoms with Gasteiger partial charge in [0.25, 0.3) is 11.8 Å². The van der Waals surface area contributed by atoms with Gasteiger partial charge in [-0.25, -0.2) is 4.79 Å². The van der Waals surface area contributed by atoms with Gasteiger partial charge in [0.05, 0.1) is 0 Å². The van der Waals surface area contributed by atoms with Gasteiger partial charge in [-0.15, -0.1) is 0 Å². The van der Waals surface area contributed by atoms with Crippen LogP contribution in [0.4, 0.5) is 4.79 Å². The molecule has 2 fully saturated rings. The third kappa shape index (κ3) is 10.6. The highest BCUT2D eigenvalue weighted by molar-refractivity contribution is 6.12. The minimum Gasteiger partial charge on any atom is -0.444 e. The van der Waals surface area contributed by atoms with Gasteiger partial charge < -0.3 is 20.3 Å². The number of imide groups is 1. The molecule has 0 radical (unpaired) electrons. The molecule has 0 aromatic carbocycles. The Bertz CT molecular complexity index is 912. The van der Waals surface area contributed by atoms with E-state index in [1.54, 1.807) is 4.90 Å². The van der Waals surface area contributed by atoms with Crippen molar-refractivity contribution in [1.29, 1.82) is 0 Å². The van der Waals surface area contributed by atoms with Gasteiger partial charge in [-0.05, 0) is 65.2 Å². The Labute approximate surface area is 238 Å². The summed E-state index contributed by atoms with van der Waals surface area (Å²) >= 11 is 0. The molecule has 1 saturated carbocycles. The van der Waals surface area contributed by atoms with Gasteiger partial charge >= 0.3 is 6.09 Å². The molecule has 0 spiro atoms. The third-order valence-corrected chi connectivity index (χ3v) is 7.71. The smallest absolute Gasteiger partial charge is 0.410 e. The van der Waals surface area contributed by atoms with E-state index in [9.17, 15) is 24.0 Å². The van der Waals surface area contributed by atoms with Crippen LogP contribution in [0.25, 0.3) is 0 Å². The highest BCUT2D eigenvalue weighted by atomic mass is 16.6. The van der Waals surface area contributed by atoms with Gasteiger partial charge in [0, 0.05) is 76.8 Å². The highest BCUT2D eigenvalue weighted by Gasteiger charge is 2.31. The van der Waals surface area contributed by atoms with Crippen LogP contribution in [0.3, 0.4) is 0 Å². The first-order valence-electron chi connectivity index (χ1n) is 14.8. The minimum atomic E-state index is -0.493. The Balaban J connectivity index is 1.15. The molecule has 1 aliphatic carbocycles. The molecule has 0 bridgehead atoms. The average Bonchev–Trinajstić information content (AvgIpc) is 3.22. The van der Waals surface area contributed by atoms with Gasteiger partial charge in [-0.3, -0.25) is 29.0 Å². The number of hydrogen-bond acceptors (Lipinski definition) is 7. The second kappa shape index (κ2) is 15.2. The lowest BCUT2D eigenvalue weighted by Gasteiger charge is -2.35. The summed E-state index contributed by atoms with van der Waals surface area (Å²) in [6.45, 7) is 10.8. The lowest BCUT2D eigenvalue weighted by molar-refractivity contribution is -0.138. The molecule has 2 aliphatic heterocycles. The van der Waals surface area contributed by atoms with Crippen LogP contribution in [0.15, 0.2) is 12.2 Å². The molecule has 40 heavy (non-hydrogen) atoms. The Hall–Kier alpha value is -2.95. The van der Waals surface area contributed by atoms with Crippen molar-refractivity contribution in [3.05, 3.63) is 12.2 Å². The summed E-state index contributed by atoms with van der Waals surface area (Å²) in [7, 11) is 0. The average molecular weight is 562 g/mol. The second-order valence-corrected chi connectivity index (χ2v) is 12.1. The predicted octanol–water partition coefficient (Wildman–Crippen LogP) is 2.06. The first-order chi connectivity index (χ1) is 19.0. The summed E-state index contributed by atoms with van der Waals surface area (Å²) in [6.07, 6.45) is 8.56. The zero-order chi connectivity index (χ0) is 29.1. The van der Waals surface area contributed by atoms with E-state index in [0.717, 1.165) is 64.6 Å². The molecule has 224 valence electrons. The maximum atomic E-state index is 12.5. The van der Waals surface area contributed by atoms with Crippen LogP contribution in [0.1, 0.15) is 72.1 Å². The first-order valence-corrected chi connectivity index (χ1v) is 14.8. The molecule has 11 nitrogen and oxygen atoms in total. The van der Waals surface area contributed by atoms with Crippen LogP contribution < -0.4 is 10.6 Å². The number of carbonyl (C=O) groups is 5. The van der Waals surface area contributed by atoms with E-state index in [1.165, 1.54) is 17.1 Å². The fourth-order valence-electron chi connectivity index (χ4n) is 5.34. The molecule has 1 saturated heterocycles. The molecule has 5 amide bonds. The van der Waals surface area contributed by atoms with Crippen LogP contribution >= 0.6 is 0 Å². The monoisotopic (exact) mass is 561 g/mol. The molecule has 2 heterocycles. The standard InChI is InChI=1S/C29H47N5O6/c1-29(2,3)40-28(39)33-19-17-32(18-20-33)16-15-30-24(35)7-5-4-6-14-31-27(38)23-10-8-22(9-11-23)21-34-25(36)12-13-26(34)37/h12-13,22-23H,4-11,14-21H2,1-3H3,(H,30,35)(H,31,38). The predicted molar refractivity (Wildman–Crippen MR) is 150 cm³/mol. The maximum Gasteiger partial charge on any atom is 0.410 e. The molecule has 0 aromatic rings. The van der Waals surface area contributed by atoms with Crippen molar-refractivity contribution in [2.75, 3.05) is 52.4 Å². The van der Waals surface area contributed by atoms with E-state index < -0.39 is 5.60 Å². The van der Waals surface area contributed by atoms with Crippen molar-refractivity contribution in [3.8, 4) is 0 Å². The van der Waals surface area contributed by atoms with Crippen molar-refractivity contribution in [2.45, 2.75) is 77.7 Å². The Morgan fingerprint density at radius 3 is 2.15 bits per heavy atom. The summed E-state index contributed by atoms with van der Waals surface area (Å²) in [5, 5.41) is 6.01. The summed E-state index contributed by atoms with van der Waals surface area (Å²) in [5.74, 6) is -0.106. The number of amides is 5. The second-order valence-electron chi connectivity index (χ2n) is 12.1. The molecule has 2 N–H and O–H groups in total. The molecule has 0 aromatic heterocycles. The lowest BCUT2D eigenvalue weighted by Crippen LogP contribution is -2.51. The minimum absolute atomic E-state index is 0.00887. The topological polar surface area (TPSA) is 128 Å². The fourth-order valence-corrected chi connectivity index (χ4v) is 5.34. The summed E-state index contributed by atoms with van der Waals surface area (Å²) in [4.78, 5) is 65.6. The molecular formula is C29H47N5O6. The van der Waals surface area contributed by atoms with E-state index in [1.807, 2.05) is 20.8 Å². The molecule has 0 atom stereocenters. The van der Waals surface area contributed by atoms with Crippen LogP contribution in [0.5, 0.6) is 0 Å². The number of hydrogen-bond donors (Lipinski definition) is 2. The zero-order valence-corrected chi connectivity index (χ0v) is 24.4. The molecule has 3 aliphatic rings. The summed E-state index contributed by atoms with van der Waals surface area (Å²) in [6, 6.07) is 0. The quantitative estimate of drug-likeness (QED) is 0.276. The van der Waals surface area contributed by atoms with E-state index in [4.69, 9.17) is 4.74 Å². The maximum absolute atomic E-state index is 12.5. The van der Waals surface area contributed by atoms with Gasteiger partial charge in [-0.2, -0.15) is 0 Å². The van der Waals surface area contributed by atoms with E-state index >= 15 is 0 Å². The number of ether oxygens (including phenoxy) is 1. The Morgan fingerprint density at radius 1 is 0.875 bits per heavy atom.